The van der Waals surface area contributed by atoms with Crippen LogP contribution in [0.2, 0.25) is 0 Å². The molecule has 0 fully saturated rings. The van der Waals surface area contributed by atoms with Crippen molar-refractivity contribution in [1.82, 2.24) is 19.0 Å². The Hall–Kier alpha value is -4.90. The molecule has 0 spiro atoms. The van der Waals surface area contributed by atoms with Crippen molar-refractivity contribution >= 4 is 16.9 Å². The van der Waals surface area contributed by atoms with Crippen molar-refractivity contribution in [3.63, 3.8) is 0 Å². The molecule has 0 saturated heterocycles. The van der Waals surface area contributed by atoms with Gasteiger partial charge >= 0.3 is 6.03 Å². The Morgan fingerprint density at radius 1 is 0.744 bits per heavy atom. The van der Waals surface area contributed by atoms with Gasteiger partial charge in [-0.1, -0.05) is 109 Å². The van der Waals surface area contributed by atoms with Crippen molar-refractivity contribution in [2.45, 2.75) is 25.6 Å². The summed E-state index contributed by atoms with van der Waals surface area (Å²) in [5, 5.41) is 1.10. The van der Waals surface area contributed by atoms with Crippen molar-refractivity contribution in [2.75, 3.05) is 0 Å². The molecule has 1 aliphatic rings. The van der Waals surface area contributed by atoms with Crippen molar-refractivity contribution in [2.24, 2.45) is 0 Å². The Morgan fingerprint density at radius 2 is 1.28 bits per heavy atom. The molecule has 6 aromatic rings. The summed E-state index contributed by atoms with van der Waals surface area (Å²) in [6.45, 7) is 3.13. The molecule has 190 valence electrons. The van der Waals surface area contributed by atoms with E-state index in [1.807, 2.05) is 34.0 Å². The first-order valence-corrected chi connectivity index (χ1v) is 13.3. The summed E-state index contributed by atoms with van der Waals surface area (Å²) in [4.78, 5) is 20.3. The maximum absolute atomic E-state index is 13.5. The van der Waals surface area contributed by atoms with Gasteiger partial charge in [0.15, 0.2) is 0 Å². The molecule has 0 N–H and O–H groups in total. The number of carbonyl (C=O) groups excluding carboxylic acids is 1. The molecule has 7 rings (SSSR count). The molecule has 0 aliphatic carbocycles. The van der Waals surface area contributed by atoms with Gasteiger partial charge in [0.1, 0.15) is 5.54 Å². The summed E-state index contributed by atoms with van der Waals surface area (Å²) in [7, 11) is 0. The second kappa shape index (κ2) is 9.14. The summed E-state index contributed by atoms with van der Waals surface area (Å²) in [6, 6.07) is 41.9. The number of benzene rings is 4. The Kier molecular flexibility index (Phi) is 5.44. The molecule has 2 aromatic heterocycles. The fourth-order valence-corrected chi connectivity index (χ4v) is 6.16. The average Bonchev–Trinajstić information content (AvgIpc) is 3.64. The molecular formula is C34H28N4O. The minimum atomic E-state index is -0.629. The first-order valence-electron chi connectivity index (χ1n) is 13.3. The van der Waals surface area contributed by atoms with Gasteiger partial charge in [0, 0.05) is 16.8 Å². The fraction of sp³-hybridized carbons (Fsp3) is 0.118. The molecule has 0 saturated carbocycles. The van der Waals surface area contributed by atoms with Crippen molar-refractivity contribution in [3.05, 3.63) is 161 Å². The van der Waals surface area contributed by atoms with E-state index in [2.05, 4.69) is 115 Å². The van der Waals surface area contributed by atoms with Gasteiger partial charge in [-0.15, -0.1) is 0 Å². The number of fused-ring (bicyclic) bond motifs is 3. The van der Waals surface area contributed by atoms with E-state index in [1.165, 1.54) is 0 Å². The van der Waals surface area contributed by atoms with E-state index in [0.29, 0.717) is 13.1 Å². The van der Waals surface area contributed by atoms with Crippen LogP contribution in [0.1, 0.15) is 33.8 Å². The van der Waals surface area contributed by atoms with Crippen LogP contribution in [0.4, 0.5) is 4.79 Å². The highest BCUT2D eigenvalue weighted by molar-refractivity contribution is 5.94. The van der Waals surface area contributed by atoms with E-state index >= 15 is 0 Å². The zero-order valence-corrected chi connectivity index (χ0v) is 21.7. The number of hydrogen-bond acceptors (Lipinski definition) is 2. The van der Waals surface area contributed by atoms with Crippen LogP contribution in [0.3, 0.4) is 0 Å². The molecule has 4 aromatic carbocycles. The zero-order chi connectivity index (χ0) is 26.4. The van der Waals surface area contributed by atoms with Crippen LogP contribution in [0, 0.1) is 6.92 Å². The lowest BCUT2D eigenvalue weighted by Crippen LogP contribution is -2.38. The van der Waals surface area contributed by atoms with Gasteiger partial charge in [-0.2, -0.15) is 0 Å². The van der Waals surface area contributed by atoms with Crippen LogP contribution in [-0.4, -0.2) is 25.0 Å². The Morgan fingerprint density at radius 3 is 1.87 bits per heavy atom. The van der Waals surface area contributed by atoms with Gasteiger partial charge in [0.2, 0.25) is 0 Å². The van der Waals surface area contributed by atoms with Crippen LogP contribution in [0.5, 0.6) is 0 Å². The molecule has 5 nitrogen and oxygen atoms in total. The highest BCUT2D eigenvalue weighted by atomic mass is 16.2. The summed E-state index contributed by atoms with van der Waals surface area (Å²) >= 11 is 0. The molecule has 1 amide bonds. The number of imidazole rings is 1. The second-order valence-corrected chi connectivity index (χ2v) is 10.1. The van der Waals surface area contributed by atoms with Gasteiger partial charge in [-0.05, 0) is 35.7 Å². The standard InChI is InChI=1S/C34H28N4O/c1-25-31(23-36-22-30-21-26-13-11-12-20-32(26)38(30)33(36)39)35-24-37(25)34(27-14-5-2-6-15-27,28-16-7-3-8-17-28)29-18-9-4-10-19-29/h2-21,24H,22-23H2,1H3. The van der Waals surface area contributed by atoms with E-state index in [-0.39, 0.29) is 6.03 Å². The summed E-state index contributed by atoms with van der Waals surface area (Å²) in [5.41, 5.74) is 6.71. The highest BCUT2D eigenvalue weighted by Crippen LogP contribution is 2.42. The van der Waals surface area contributed by atoms with E-state index in [9.17, 15) is 4.79 Å². The average molecular weight is 509 g/mol. The molecule has 1 aliphatic heterocycles. The van der Waals surface area contributed by atoms with Gasteiger partial charge in [-0.25, -0.2) is 9.78 Å². The lowest BCUT2D eigenvalue weighted by atomic mass is 9.76. The number of hydrogen-bond donors (Lipinski definition) is 0. The van der Waals surface area contributed by atoms with Crippen molar-refractivity contribution in [1.29, 1.82) is 0 Å². The molecule has 3 heterocycles. The molecular weight excluding hydrogens is 480 g/mol. The normalized spacial score (nSPS) is 13.3. The molecule has 0 atom stereocenters. The van der Waals surface area contributed by atoms with Gasteiger partial charge in [-0.3, -0.25) is 4.57 Å². The van der Waals surface area contributed by atoms with Gasteiger partial charge in [0.05, 0.1) is 30.6 Å². The quantitative estimate of drug-likeness (QED) is 0.228. The van der Waals surface area contributed by atoms with E-state index < -0.39 is 5.54 Å². The van der Waals surface area contributed by atoms with Crippen molar-refractivity contribution < 1.29 is 4.79 Å². The molecule has 0 unspecified atom stereocenters. The van der Waals surface area contributed by atoms with E-state index in [0.717, 1.165) is 44.7 Å². The third-order valence-corrected chi connectivity index (χ3v) is 7.99. The SMILES string of the molecule is Cc1c(CN2Cc3cc4ccccc4n3C2=O)ncn1C(c1ccccc1)(c1ccccc1)c1ccccc1. The molecule has 0 radical (unpaired) electrons. The van der Waals surface area contributed by atoms with Crippen LogP contribution in [-0.2, 0) is 18.6 Å². The number of rotatable bonds is 6. The lowest BCUT2D eigenvalue weighted by Gasteiger charge is -2.38. The highest BCUT2D eigenvalue weighted by Gasteiger charge is 2.40. The van der Waals surface area contributed by atoms with Gasteiger partial charge < -0.3 is 9.47 Å². The number of nitrogens with zero attached hydrogens (tertiary/aromatic N) is 4. The number of amides is 1. The number of para-hydroxylation sites is 1. The minimum Gasteiger partial charge on any atom is -0.316 e. The smallest absolute Gasteiger partial charge is 0.316 e. The van der Waals surface area contributed by atoms with E-state index in [4.69, 9.17) is 4.98 Å². The van der Waals surface area contributed by atoms with Crippen LogP contribution < -0.4 is 0 Å². The molecule has 5 heteroatoms. The molecule has 39 heavy (non-hydrogen) atoms. The Balaban J connectivity index is 1.35. The minimum absolute atomic E-state index is 0.000548. The predicted octanol–water partition coefficient (Wildman–Crippen LogP) is 6.97. The first-order chi connectivity index (χ1) is 19.2. The predicted molar refractivity (Wildman–Crippen MR) is 154 cm³/mol. The molecule has 0 bridgehead atoms. The topological polar surface area (TPSA) is 43.1 Å². The number of aromatic nitrogens is 3. The Bertz CT molecular complexity index is 1690. The number of carbonyl (C=O) groups is 1. The maximum Gasteiger partial charge on any atom is 0.329 e. The van der Waals surface area contributed by atoms with Crippen LogP contribution in [0.25, 0.3) is 10.9 Å². The van der Waals surface area contributed by atoms with Crippen molar-refractivity contribution in [3.8, 4) is 0 Å². The lowest BCUT2D eigenvalue weighted by molar-refractivity contribution is 0.207. The fourth-order valence-electron chi connectivity index (χ4n) is 6.16. The largest absolute Gasteiger partial charge is 0.329 e. The summed E-state index contributed by atoms with van der Waals surface area (Å²) in [5.74, 6) is 0. The van der Waals surface area contributed by atoms with Crippen LogP contribution in [0.15, 0.2) is 128 Å². The summed E-state index contributed by atoms with van der Waals surface area (Å²) in [6.07, 6.45) is 1.94. The van der Waals surface area contributed by atoms with Crippen LogP contribution >= 0.6 is 0 Å². The third kappa shape index (κ3) is 3.54. The summed E-state index contributed by atoms with van der Waals surface area (Å²) < 4.78 is 4.11. The second-order valence-electron chi connectivity index (χ2n) is 10.1. The van der Waals surface area contributed by atoms with E-state index in [1.54, 1.807) is 0 Å². The van der Waals surface area contributed by atoms with Gasteiger partial charge in [0.25, 0.3) is 0 Å². The monoisotopic (exact) mass is 508 g/mol. The first kappa shape index (κ1) is 23.2. The maximum atomic E-state index is 13.5. The third-order valence-electron chi connectivity index (χ3n) is 7.99. The zero-order valence-electron chi connectivity index (χ0n) is 21.7. The Labute approximate surface area is 227 Å².